The Morgan fingerprint density at radius 1 is 1.10 bits per heavy atom. The Bertz CT molecular complexity index is 640. The van der Waals surface area contributed by atoms with Gasteiger partial charge in [-0.05, 0) is 36.1 Å². The molecule has 0 aliphatic carbocycles. The Morgan fingerprint density at radius 2 is 1.90 bits per heavy atom. The van der Waals surface area contributed by atoms with Crippen molar-refractivity contribution in [3.05, 3.63) is 59.3 Å². The number of carboxylic acids is 1. The largest absolute Gasteiger partial charge is 0.477 e. The molecule has 3 rings (SSSR count). The summed E-state index contributed by atoms with van der Waals surface area (Å²) in [4.78, 5) is 17.4. The van der Waals surface area contributed by atoms with Crippen LogP contribution in [0, 0.1) is 0 Å². The molecule has 1 aromatic heterocycles. The van der Waals surface area contributed by atoms with Crippen LogP contribution in [0.15, 0.2) is 42.5 Å². The highest BCUT2D eigenvalue weighted by Gasteiger charge is 2.16. The zero-order valence-electron chi connectivity index (χ0n) is 11.1. The fourth-order valence-electron chi connectivity index (χ4n) is 2.61. The van der Waals surface area contributed by atoms with E-state index in [2.05, 4.69) is 28.1 Å². The average Bonchev–Trinajstić information content (AvgIpc) is 2.69. The van der Waals surface area contributed by atoms with Crippen LogP contribution in [-0.4, -0.2) is 22.6 Å². The molecule has 1 aliphatic rings. The summed E-state index contributed by atoms with van der Waals surface area (Å²) in [5, 5.41) is 9.04. The van der Waals surface area contributed by atoms with Crippen molar-refractivity contribution in [1.82, 2.24) is 4.98 Å². The SMILES string of the molecule is O=C(O)c1cccc(N2CCCc3ccccc3C2)n1. The number of aromatic nitrogens is 1. The summed E-state index contributed by atoms with van der Waals surface area (Å²) in [7, 11) is 0. The maximum Gasteiger partial charge on any atom is 0.354 e. The second-order valence-corrected chi connectivity index (χ2v) is 4.98. The van der Waals surface area contributed by atoms with Gasteiger partial charge >= 0.3 is 5.97 Å². The van der Waals surface area contributed by atoms with E-state index in [1.807, 2.05) is 12.1 Å². The van der Waals surface area contributed by atoms with Gasteiger partial charge in [-0.2, -0.15) is 0 Å². The molecule has 0 fully saturated rings. The van der Waals surface area contributed by atoms with Crippen LogP contribution in [0.2, 0.25) is 0 Å². The van der Waals surface area contributed by atoms with E-state index < -0.39 is 5.97 Å². The van der Waals surface area contributed by atoms with Crippen molar-refractivity contribution in [2.45, 2.75) is 19.4 Å². The molecule has 1 aliphatic heterocycles. The molecule has 2 heterocycles. The van der Waals surface area contributed by atoms with Crippen molar-refractivity contribution >= 4 is 11.8 Å². The van der Waals surface area contributed by atoms with Crippen LogP contribution in [0.5, 0.6) is 0 Å². The molecule has 0 radical (unpaired) electrons. The van der Waals surface area contributed by atoms with E-state index in [9.17, 15) is 4.79 Å². The summed E-state index contributed by atoms with van der Waals surface area (Å²) in [6.07, 6.45) is 2.11. The van der Waals surface area contributed by atoms with Crippen molar-refractivity contribution in [3.8, 4) is 0 Å². The zero-order chi connectivity index (χ0) is 13.9. The molecule has 0 spiro atoms. The lowest BCUT2D eigenvalue weighted by molar-refractivity contribution is 0.0690. The first-order valence-corrected chi connectivity index (χ1v) is 6.76. The lowest BCUT2D eigenvalue weighted by Crippen LogP contribution is -2.24. The van der Waals surface area contributed by atoms with Crippen molar-refractivity contribution in [1.29, 1.82) is 0 Å². The Balaban J connectivity index is 1.91. The molecule has 0 atom stereocenters. The maximum absolute atomic E-state index is 11.0. The number of carbonyl (C=O) groups is 1. The number of fused-ring (bicyclic) bond motifs is 1. The molecule has 1 aromatic carbocycles. The average molecular weight is 268 g/mol. The van der Waals surface area contributed by atoms with Gasteiger partial charge in [0, 0.05) is 13.1 Å². The van der Waals surface area contributed by atoms with Gasteiger partial charge in [-0.15, -0.1) is 0 Å². The van der Waals surface area contributed by atoms with E-state index >= 15 is 0 Å². The number of pyridine rings is 1. The number of benzene rings is 1. The smallest absolute Gasteiger partial charge is 0.354 e. The molecule has 4 heteroatoms. The number of carboxylic acid groups (broad SMARTS) is 1. The Morgan fingerprint density at radius 3 is 2.70 bits per heavy atom. The summed E-state index contributed by atoms with van der Waals surface area (Å²) >= 11 is 0. The number of aromatic carboxylic acids is 1. The van der Waals surface area contributed by atoms with Gasteiger partial charge in [0.15, 0.2) is 5.69 Å². The minimum Gasteiger partial charge on any atom is -0.477 e. The predicted molar refractivity (Wildman–Crippen MR) is 77.0 cm³/mol. The van der Waals surface area contributed by atoms with Crippen LogP contribution in [-0.2, 0) is 13.0 Å². The monoisotopic (exact) mass is 268 g/mol. The van der Waals surface area contributed by atoms with Crippen LogP contribution >= 0.6 is 0 Å². The molecular formula is C16H16N2O2. The summed E-state index contributed by atoms with van der Waals surface area (Å²) in [6, 6.07) is 13.6. The number of hydrogen-bond donors (Lipinski definition) is 1. The summed E-state index contributed by atoms with van der Waals surface area (Å²) in [6.45, 7) is 1.68. The topological polar surface area (TPSA) is 53.4 Å². The molecule has 0 bridgehead atoms. The molecule has 20 heavy (non-hydrogen) atoms. The second kappa shape index (κ2) is 5.33. The number of hydrogen-bond acceptors (Lipinski definition) is 3. The second-order valence-electron chi connectivity index (χ2n) is 4.98. The standard InChI is InChI=1S/C16H16N2O2/c19-16(20)14-8-3-9-15(17-14)18-10-4-7-12-5-1-2-6-13(12)11-18/h1-3,5-6,8-9H,4,7,10-11H2,(H,19,20). The molecule has 0 saturated carbocycles. The molecule has 1 N–H and O–H groups in total. The first-order chi connectivity index (χ1) is 9.74. The Labute approximate surface area is 117 Å². The van der Waals surface area contributed by atoms with Crippen LogP contribution in [0.1, 0.15) is 28.0 Å². The summed E-state index contributed by atoms with van der Waals surface area (Å²) in [5.41, 5.74) is 2.77. The van der Waals surface area contributed by atoms with Crippen molar-refractivity contribution in [2.24, 2.45) is 0 Å². The quantitative estimate of drug-likeness (QED) is 0.910. The third-order valence-electron chi connectivity index (χ3n) is 3.63. The van der Waals surface area contributed by atoms with E-state index in [0.29, 0.717) is 0 Å². The van der Waals surface area contributed by atoms with Crippen molar-refractivity contribution in [2.75, 3.05) is 11.4 Å². The van der Waals surface area contributed by atoms with Gasteiger partial charge in [-0.1, -0.05) is 30.3 Å². The molecule has 0 unspecified atom stereocenters. The molecule has 102 valence electrons. The van der Waals surface area contributed by atoms with E-state index in [1.54, 1.807) is 6.07 Å². The van der Waals surface area contributed by atoms with Crippen LogP contribution in [0.3, 0.4) is 0 Å². The molecule has 0 saturated heterocycles. The van der Waals surface area contributed by atoms with Crippen molar-refractivity contribution in [3.63, 3.8) is 0 Å². The fraction of sp³-hybridized carbons (Fsp3) is 0.250. The van der Waals surface area contributed by atoms with E-state index in [0.717, 1.165) is 31.7 Å². The van der Waals surface area contributed by atoms with Gasteiger partial charge in [-0.25, -0.2) is 9.78 Å². The number of nitrogens with zero attached hydrogens (tertiary/aromatic N) is 2. The normalized spacial score (nSPS) is 14.5. The van der Waals surface area contributed by atoms with Gasteiger partial charge in [0.05, 0.1) is 0 Å². The minimum absolute atomic E-state index is 0.0973. The van der Waals surface area contributed by atoms with Gasteiger partial charge in [-0.3, -0.25) is 0 Å². The summed E-state index contributed by atoms with van der Waals surface area (Å²) < 4.78 is 0. The summed E-state index contributed by atoms with van der Waals surface area (Å²) in [5.74, 6) is -0.247. The highest BCUT2D eigenvalue weighted by molar-refractivity contribution is 5.85. The van der Waals surface area contributed by atoms with E-state index in [-0.39, 0.29) is 5.69 Å². The van der Waals surface area contributed by atoms with Crippen LogP contribution in [0.25, 0.3) is 0 Å². The lowest BCUT2D eigenvalue weighted by Gasteiger charge is -2.22. The van der Waals surface area contributed by atoms with E-state index in [1.165, 1.54) is 17.2 Å². The van der Waals surface area contributed by atoms with Crippen LogP contribution in [0.4, 0.5) is 5.82 Å². The number of anilines is 1. The Hall–Kier alpha value is -2.36. The number of aryl methyl sites for hydroxylation is 1. The van der Waals surface area contributed by atoms with Gasteiger partial charge in [0.25, 0.3) is 0 Å². The third kappa shape index (κ3) is 2.50. The molecule has 0 amide bonds. The van der Waals surface area contributed by atoms with Gasteiger partial charge < -0.3 is 10.0 Å². The Kier molecular flexibility index (Phi) is 3.37. The first-order valence-electron chi connectivity index (χ1n) is 6.76. The minimum atomic E-state index is -0.984. The molecule has 2 aromatic rings. The zero-order valence-corrected chi connectivity index (χ0v) is 11.1. The van der Waals surface area contributed by atoms with Gasteiger partial charge in [0.1, 0.15) is 5.82 Å². The van der Waals surface area contributed by atoms with Crippen LogP contribution < -0.4 is 4.90 Å². The fourth-order valence-corrected chi connectivity index (χ4v) is 2.61. The lowest BCUT2D eigenvalue weighted by atomic mass is 10.0. The highest BCUT2D eigenvalue weighted by Crippen LogP contribution is 2.22. The molecular weight excluding hydrogens is 252 g/mol. The molecule has 4 nitrogen and oxygen atoms in total. The predicted octanol–water partition coefficient (Wildman–Crippen LogP) is 2.73. The van der Waals surface area contributed by atoms with E-state index in [4.69, 9.17) is 5.11 Å². The maximum atomic E-state index is 11.0. The third-order valence-corrected chi connectivity index (χ3v) is 3.63. The van der Waals surface area contributed by atoms with Gasteiger partial charge in [0.2, 0.25) is 0 Å². The number of rotatable bonds is 2. The first kappa shape index (κ1) is 12.7. The highest BCUT2D eigenvalue weighted by atomic mass is 16.4. The van der Waals surface area contributed by atoms with Crippen molar-refractivity contribution < 1.29 is 9.90 Å².